The Morgan fingerprint density at radius 1 is 0.906 bits per heavy atom. The summed E-state index contributed by atoms with van der Waals surface area (Å²) >= 11 is 0. The highest BCUT2D eigenvalue weighted by Gasteiger charge is 2.71. The molecule has 2 aliphatic heterocycles. The molecule has 0 radical (unpaired) electrons. The van der Waals surface area contributed by atoms with E-state index in [2.05, 4.69) is 34.6 Å². The van der Waals surface area contributed by atoms with Crippen LogP contribution in [0.5, 0.6) is 0 Å². The van der Waals surface area contributed by atoms with Crippen LogP contribution in [0.15, 0.2) is 0 Å². The Bertz CT molecular complexity index is 761. The van der Waals surface area contributed by atoms with Gasteiger partial charge in [0.2, 0.25) is 0 Å². The van der Waals surface area contributed by atoms with Crippen LogP contribution >= 0.6 is 0 Å². The van der Waals surface area contributed by atoms with Gasteiger partial charge in [-0.3, -0.25) is 0 Å². The maximum atomic E-state index is 11.9. The van der Waals surface area contributed by atoms with Gasteiger partial charge in [0.25, 0.3) is 0 Å². The molecule has 2 unspecified atom stereocenters. The van der Waals surface area contributed by atoms with Crippen molar-refractivity contribution in [3.05, 3.63) is 0 Å². The van der Waals surface area contributed by atoms with Crippen molar-refractivity contribution in [2.75, 3.05) is 6.61 Å². The molecular weight excluding hydrogens is 400 g/mol. The Morgan fingerprint density at radius 2 is 1.69 bits per heavy atom. The van der Waals surface area contributed by atoms with Crippen LogP contribution in [0.2, 0.25) is 0 Å². The van der Waals surface area contributed by atoms with E-state index in [1.165, 1.54) is 25.7 Å². The molecule has 4 aliphatic carbocycles. The Morgan fingerprint density at radius 3 is 2.41 bits per heavy atom. The van der Waals surface area contributed by atoms with E-state index in [0.717, 1.165) is 32.3 Å². The van der Waals surface area contributed by atoms with E-state index < -0.39 is 5.60 Å². The minimum atomic E-state index is -0.714. The number of aliphatic hydroxyl groups excluding tert-OH is 1. The summed E-state index contributed by atoms with van der Waals surface area (Å²) in [7, 11) is 0. The second-order valence-corrected chi connectivity index (χ2v) is 13.8. The molecule has 4 nitrogen and oxygen atoms in total. The largest absolute Gasteiger partial charge is 0.393 e. The van der Waals surface area contributed by atoms with E-state index in [-0.39, 0.29) is 23.2 Å². The van der Waals surface area contributed by atoms with Gasteiger partial charge >= 0.3 is 0 Å². The van der Waals surface area contributed by atoms with E-state index >= 15 is 0 Å². The van der Waals surface area contributed by atoms with Crippen LogP contribution < -0.4 is 0 Å². The molecule has 4 saturated carbocycles. The Kier molecular flexibility index (Phi) is 4.85. The molecule has 32 heavy (non-hydrogen) atoms. The standard InChI is InChI=1S/C28H46O4/c1-16-6-11-28(31-15-16)18(3)24-23(32-28)13-22-20-12-17(2)27(30)14-19(29)7-10-26(27,5)21(20)8-9-25(22,24)4/h16-24,29-30H,6-15H2,1-5H3/t16?,17?,18-,19+,20+,21-,22-,23-,24-,25-,26+,27-,28+/m0/s1. The van der Waals surface area contributed by atoms with Crippen LogP contribution in [0.4, 0.5) is 0 Å². The third-order valence-corrected chi connectivity index (χ3v) is 12.5. The molecule has 6 fully saturated rings. The molecule has 0 aromatic rings. The van der Waals surface area contributed by atoms with Gasteiger partial charge in [-0.2, -0.15) is 0 Å². The van der Waals surface area contributed by atoms with Crippen LogP contribution in [-0.4, -0.2) is 40.4 Å². The molecular formula is C28H46O4. The van der Waals surface area contributed by atoms with E-state index in [1.54, 1.807) is 0 Å². The van der Waals surface area contributed by atoms with Crippen molar-refractivity contribution in [2.24, 2.45) is 52.3 Å². The summed E-state index contributed by atoms with van der Waals surface area (Å²) in [6, 6.07) is 0. The van der Waals surface area contributed by atoms with Crippen molar-refractivity contribution in [1.82, 2.24) is 0 Å². The smallest absolute Gasteiger partial charge is 0.171 e. The predicted octanol–water partition coefficient (Wildman–Crippen LogP) is 5.15. The van der Waals surface area contributed by atoms with E-state index in [4.69, 9.17) is 9.47 Å². The molecule has 2 saturated heterocycles. The highest BCUT2D eigenvalue weighted by molar-refractivity contribution is 5.19. The summed E-state index contributed by atoms with van der Waals surface area (Å²) in [5.41, 5.74) is -0.459. The second-order valence-electron chi connectivity index (χ2n) is 13.8. The van der Waals surface area contributed by atoms with Gasteiger partial charge in [-0.1, -0.05) is 34.6 Å². The van der Waals surface area contributed by atoms with Gasteiger partial charge in [0.15, 0.2) is 5.79 Å². The number of aliphatic hydroxyl groups is 2. The fourth-order valence-electron chi connectivity index (χ4n) is 10.7. The van der Waals surface area contributed by atoms with Crippen LogP contribution in [0.1, 0.15) is 92.4 Å². The number of fused-ring (bicyclic) bond motifs is 7. The van der Waals surface area contributed by atoms with Crippen LogP contribution in [0, 0.1) is 52.3 Å². The lowest BCUT2D eigenvalue weighted by molar-refractivity contribution is -0.276. The predicted molar refractivity (Wildman–Crippen MR) is 124 cm³/mol. The normalized spacial score (nSPS) is 64.0. The quantitative estimate of drug-likeness (QED) is 0.540. The minimum Gasteiger partial charge on any atom is -0.393 e. The van der Waals surface area contributed by atoms with Gasteiger partial charge in [0.05, 0.1) is 24.4 Å². The maximum Gasteiger partial charge on any atom is 0.171 e. The van der Waals surface area contributed by atoms with Gasteiger partial charge in [-0.15, -0.1) is 0 Å². The molecule has 182 valence electrons. The fraction of sp³-hybridized carbons (Fsp3) is 1.00. The molecule has 6 aliphatic rings. The Labute approximate surface area is 194 Å². The number of hydrogen-bond donors (Lipinski definition) is 2. The summed E-state index contributed by atoms with van der Waals surface area (Å²) in [4.78, 5) is 0. The zero-order valence-corrected chi connectivity index (χ0v) is 21.0. The van der Waals surface area contributed by atoms with Gasteiger partial charge in [-0.25, -0.2) is 0 Å². The highest BCUT2D eigenvalue weighted by atomic mass is 16.7. The fourth-order valence-corrected chi connectivity index (χ4v) is 10.7. The first-order chi connectivity index (χ1) is 15.0. The van der Waals surface area contributed by atoms with Crippen LogP contribution in [0.25, 0.3) is 0 Å². The maximum absolute atomic E-state index is 11.9. The Balaban J connectivity index is 1.30. The molecule has 1 spiro atoms. The first kappa shape index (κ1) is 22.3. The molecule has 0 bridgehead atoms. The molecule has 0 aromatic heterocycles. The molecule has 13 atom stereocenters. The van der Waals surface area contributed by atoms with Crippen LogP contribution in [-0.2, 0) is 9.47 Å². The average molecular weight is 447 g/mol. The molecule has 4 heteroatoms. The number of rotatable bonds is 0. The summed E-state index contributed by atoms with van der Waals surface area (Å²) < 4.78 is 13.4. The summed E-state index contributed by atoms with van der Waals surface area (Å²) in [6.45, 7) is 12.8. The average Bonchev–Trinajstić information content (AvgIpc) is 3.18. The lowest BCUT2D eigenvalue weighted by Crippen LogP contribution is -2.66. The van der Waals surface area contributed by atoms with Crippen molar-refractivity contribution in [3.63, 3.8) is 0 Å². The number of ether oxygens (including phenoxy) is 2. The minimum absolute atomic E-state index is 0.0656. The lowest BCUT2D eigenvalue weighted by atomic mass is 9.41. The topological polar surface area (TPSA) is 58.9 Å². The van der Waals surface area contributed by atoms with Gasteiger partial charge < -0.3 is 19.7 Å². The summed E-state index contributed by atoms with van der Waals surface area (Å²) in [5.74, 6) is 3.56. The SMILES string of the molecule is CC1CC[C@@]2(OC1)O[C@H]1C[C@H]3[C@@H]4CC(C)[C@@]5(O)C[C@H](O)CC[C@]5(C)[C@H]4CC[C@]3(C)[C@H]1[C@@H]2C. The van der Waals surface area contributed by atoms with Crippen LogP contribution in [0.3, 0.4) is 0 Å². The van der Waals surface area contributed by atoms with Crippen molar-refractivity contribution in [2.45, 2.75) is 116 Å². The van der Waals surface area contributed by atoms with Gasteiger partial charge in [0.1, 0.15) is 0 Å². The summed E-state index contributed by atoms with van der Waals surface area (Å²) in [6.07, 6.45) is 9.42. The number of hydrogen-bond acceptors (Lipinski definition) is 4. The van der Waals surface area contributed by atoms with E-state index in [0.29, 0.717) is 53.4 Å². The highest BCUT2D eigenvalue weighted by Crippen LogP contribution is 2.72. The first-order valence-electron chi connectivity index (χ1n) is 13.8. The third kappa shape index (κ3) is 2.65. The van der Waals surface area contributed by atoms with Crippen molar-refractivity contribution >= 4 is 0 Å². The van der Waals surface area contributed by atoms with Crippen molar-refractivity contribution in [3.8, 4) is 0 Å². The van der Waals surface area contributed by atoms with Gasteiger partial charge in [-0.05, 0) is 91.3 Å². The zero-order chi connectivity index (χ0) is 22.7. The summed E-state index contributed by atoms with van der Waals surface area (Å²) in [5, 5.41) is 22.3. The second kappa shape index (κ2) is 6.95. The lowest BCUT2D eigenvalue weighted by Gasteiger charge is -2.66. The van der Waals surface area contributed by atoms with Crippen molar-refractivity contribution in [1.29, 1.82) is 0 Å². The molecule has 0 amide bonds. The first-order valence-corrected chi connectivity index (χ1v) is 13.8. The van der Waals surface area contributed by atoms with E-state index in [9.17, 15) is 10.2 Å². The monoisotopic (exact) mass is 446 g/mol. The molecule has 2 N–H and O–H groups in total. The van der Waals surface area contributed by atoms with Crippen molar-refractivity contribution < 1.29 is 19.7 Å². The van der Waals surface area contributed by atoms with Gasteiger partial charge in [0, 0.05) is 18.8 Å². The molecule has 6 rings (SSSR count). The Hall–Kier alpha value is -0.160. The van der Waals surface area contributed by atoms with E-state index in [1.807, 2.05) is 0 Å². The zero-order valence-electron chi connectivity index (χ0n) is 21.0. The third-order valence-electron chi connectivity index (χ3n) is 12.5. The molecule has 0 aromatic carbocycles. The molecule has 2 heterocycles.